The molecule has 1 aromatic heterocycles. The molecular formula is C18H18N2O2. The van der Waals surface area contributed by atoms with Crippen LogP contribution >= 0.6 is 0 Å². The Labute approximate surface area is 128 Å². The summed E-state index contributed by atoms with van der Waals surface area (Å²) in [5.41, 5.74) is 4.22. The first-order valence-electron chi connectivity index (χ1n) is 7.18. The Kier molecular flexibility index (Phi) is 3.24. The number of aromatic nitrogens is 2. The first-order valence-corrected chi connectivity index (χ1v) is 7.18. The molecule has 4 heteroatoms. The van der Waals surface area contributed by atoms with Crippen molar-refractivity contribution >= 4 is 16.9 Å². The number of fused-ring (bicyclic) bond motifs is 1. The molecule has 0 unspecified atom stereocenters. The number of hydrogen-bond donors (Lipinski definition) is 2. The lowest BCUT2D eigenvalue weighted by Gasteiger charge is -2.19. The number of H-pyrrole nitrogens is 1. The van der Waals surface area contributed by atoms with E-state index in [0.717, 1.165) is 16.6 Å². The lowest BCUT2D eigenvalue weighted by Crippen LogP contribution is -2.10. The van der Waals surface area contributed by atoms with E-state index in [2.05, 4.69) is 55.2 Å². The SMILES string of the molecule is CC(C)(C)c1ccc(-c2ccc3[nH]nc(C(=O)O)c3c2)cc1. The normalized spacial score (nSPS) is 11.8. The van der Waals surface area contributed by atoms with E-state index in [4.69, 9.17) is 0 Å². The van der Waals surface area contributed by atoms with Crippen LogP contribution in [0.5, 0.6) is 0 Å². The zero-order valence-corrected chi connectivity index (χ0v) is 12.8. The number of rotatable bonds is 2. The largest absolute Gasteiger partial charge is 0.476 e. The Morgan fingerprint density at radius 3 is 2.27 bits per heavy atom. The summed E-state index contributed by atoms with van der Waals surface area (Å²) < 4.78 is 0. The van der Waals surface area contributed by atoms with Crippen molar-refractivity contribution in [3.63, 3.8) is 0 Å². The molecule has 0 spiro atoms. The Bertz CT molecular complexity index is 840. The number of carboxylic acid groups (broad SMARTS) is 1. The maximum absolute atomic E-state index is 11.2. The topological polar surface area (TPSA) is 66.0 Å². The molecular weight excluding hydrogens is 276 g/mol. The van der Waals surface area contributed by atoms with Crippen LogP contribution in [0, 0.1) is 0 Å². The Morgan fingerprint density at radius 1 is 1.05 bits per heavy atom. The van der Waals surface area contributed by atoms with Crippen LogP contribution in [-0.4, -0.2) is 21.3 Å². The van der Waals surface area contributed by atoms with Crippen molar-refractivity contribution in [1.82, 2.24) is 10.2 Å². The highest BCUT2D eigenvalue weighted by molar-refractivity contribution is 6.02. The molecule has 0 fully saturated rings. The summed E-state index contributed by atoms with van der Waals surface area (Å²) in [4.78, 5) is 11.2. The van der Waals surface area contributed by atoms with Gasteiger partial charge in [0.15, 0.2) is 5.69 Å². The number of carboxylic acids is 1. The number of nitrogens with zero attached hydrogens (tertiary/aromatic N) is 1. The summed E-state index contributed by atoms with van der Waals surface area (Å²) in [6.07, 6.45) is 0. The average Bonchev–Trinajstić information content (AvgIpc) is 2.89. The van der Waals surface area contributed by atoms with Gasteiger partial charge in [0.25, 0.3) is 0 Å². The molecule has 0 bridgehead atoms. The summed E-state index contributed by atoms with van der Waals surface area (Å²) >= 11 is 0. The third-order valence-electron chi connectivity index (χ3n) is 3.85. The minimum absolute atomic E-state index is 0.0585. The summed E-state index contributed by atoms with van der Waals surface area (Å²) in [5, 5.41) is 16.4. The Hall–Kier alpha value is -2.62. The van der Waals surface area contributed by atoms with E-state index in [9.17, 15) is 9.90 Å². The van der Waals surface area contributed by atoms with Crippen molar-refractivity contribution in [2.75, 3.05) is 0 Å². The van der Waals surface area contributed by atoms with E-state index >= 15 is 0 Å². The molecule has 0 aliphatic carbocycles. The van der Waals surface area contributed by atoms with Gasteiger partial charge in [-0.3, -0.25) is 5.10 Å². The molecule has 2 N–H and O–H groups in total. The number of aromatic amines is 1. The van der Waals surface area contributed by atoms with Gasteiger partial charge in [0, 0.05) is 5.39 Å². The molecule has 0 amide bonds. The number of aromatic carboxylic acids is 1. The Morgan fingerprint density at radius 2 is 1.68 bits per heavy atom. The predicted octanol–water partition coefficient (Wildman–Crippen LogP) is 4.23. The fourth-order valence-electron chi connectivity index (χ4n) is 2.52. The lowest BCUT2D eigenvalue weighted by molar-refractivity contribution is 0.0692. The van der Waals surface area contributed by atoms with Crippen LogP contribution in [0.15, 0.2) is 42.5 Å². The van der Waals surface area contributed by atoms with E-state index in [1.54, 1.807) is 0 Å². The highest BCUT2D eigenvalue weighted by atomic mass is 16.4. The van der Waals surface area contributed by atoms with Crippen LogP contribution in [0.2, 0.25) is 0 Å². The fraction of sp³-hybridized carbons (Fsp3) is 0.222. The molecule has 3 aromatic rings. The van der Waals surface area contributed by atoms with Crippen LogP contribution in [-0.2, 0) is 5.41 Å². The molecule has 3 rings (SSSR count). The quantitative estimate of drug-likeness (QED) is 0.743. The van der Waals surface area contributed by atoms with Crippen LogP contribution in [0.3, 0.4) is 0 Å². The summed E-state index contributed by atoms with van der Waals surface area (Å²) in [7, 11) is 0. The first-order chi connectivity index (χ1) is 10.4. The van der Waals surface area contributed by atoms with Crippen molar-refractivity contribution in [3.05, 3.63) is 53.7 Å². The predicted molar refractivity (Wildman–Crippen MR) is 87.2 cm³/mol. The summed E-state index contributed by atoms with van der Waals surface area (Å²) in [6.45, 7) is 6.54. The standard InChI is InChI=1S/C18H18N2O2/c1-18(2,3)13-7-4-11(5-8-13)12-6-9-15-14(10-12)16(17(21)22)20-19-15/h4-10H,1-3H3,(H,19,20)(H,21,22). The minimum Gasteiger partial charge on any atom is -0.476 e. The van der Waals surface area contributed by atoms with Crippen molar-refractivity contribution in [3.8, 4) is 11.1 Å². The third kappa shape index (κ3) is 2.48. The summed E-state index contributed by atoms with van der Waals surface area (Å²) in [6, 6.07) is 14.1. The minimum atomic E-state index is -1.02. The molecule has 112 valence electrons. The molecule has 22 heavy (non-hydrogen) atoms. The first kappa shape index (κ1) is 14.3. The second-order valence-electron chi connectivity index (χ2n) is 6.47. The molecule has 4 nitrogen and oxygen atoms in total. The highest BCUT2D eigenvalue weighted by Crippen LogP contribution is 2.28. The smallest absolute Gasteiger partial charge is 0.357 e. The maximum Gasteiger partial charge on any atom is 0.357 e. The molecule has 0 saturated carbocycles. The van der Waals surface area contributed by atoms with E-state index < -0.39 is 5.97 Å². The Balaban J connectivity index is 2.06. The van der Waals surface area contributed by atoms with Gasteiger partial charge in [-0.2, -0.15) is 5.10 Å². The van der Waals surface area contributed by atoms with E-state index in [1.165, 1.54) is 5.56 Å². The van der Waals surface area contributed by atoms with Crippen LogP contribution in [0.25, 0.3) is 22.0 Å². The molecule has 0 saturated heterocycles. The third-order valence-corrected chi connectivity index (χ3v) is 3.85. The molecule has 0 radical (unpaired) electrons. The van der Waals surface area contributed by atoms with Crippen LogP contribution in [0.1, 0.15) is 36.8 Å². The second kappa shape index (κ2) is 4.98. The van der Waals surface area contributed by atoms with Crippen molar-refractivity contribution in [1.29, 1.82) is 0 Å². The maximum atomic E-state index is 11.2. The van der Waals surface area contributed by atoms with Crippen molar-refractivity contribution < 1.29 is 9.90 Å². The van der Waals surface area contributed by atoms with Crippen LogP contribution < -0.4 is 0 Å². The lowest BCUT2D eigenvalue weighted by atomic mass is 9.86. The van der Waals surface area contributed by atoms with E-state index in [1.807, 2.05) is 18.2 Å². The number of carbonyl (C=O) groups is 1. The van der Waals surface area contributed by atoms with Gasteiger partial charge in [-0.05, 0) is 34.2 Å². The molecule has 2 aromatic carbocycles. The molecule has 0 aliphatic heterocycles. The molecule has 1 heterocycles. The number of nitrogens with one attached hydrogen (secondary N) is 1. The van der Waals surface area contributed by atoms with Gasteiger partial charge in [0.05, 0.1) is 5.52 Å². The fourth-order valence-corrected chi connectivity index (χ4v) is 2.52. The monoisotopic (exact) mass is 294 g/mol. The highest BCUT2D eigenvalue weighted by Gasteiger charge is 2.15. The van der Waals surface area contributed by atoms with Crippen LogP contribution in [0.4, 0.5) is 0 Å². The molecule has 0 aliphatic rings. The van der Waals surface area contributed by atoms with Gasteiger partial charge in [-0.25, -0.2) is 4.79 Å². The van der Waals surface area contributed by atoms with Crippen molar-refractivity contribution in [2.45, 2.75) is 26.2 Å². The van der Waals surface area contributed by atoms with Gasteiger partial charge >= 0.3 is 5.97 Å². The van der Waals surface area contributed by atoms with Gasteiger partial charge in [-0.1, -0.05) is 51.1 Å². The van der Waals surface area contributed by atoms with Gasteiger partial charge < -0.3 is 5.11 Å². The molecule has 0 atom stereocenters. The van der Waals surface area contributed by atoms with Gasteiger partial charge in [0.2, 0.25) is 0 Å². The van der Waals surface area contributed by atoms with E-state index in [-0.39, 0.29) is 11.1 Å². The number of hydrogen-bond acceptors (Lipinski definition) is 2. The van der Waals surface area contributed by atoms with Crippen molar-refractivity contribution in [2.24, 2.45) is 0 Å². The zero-order valence-electron chi connectivity index (χ0n) is 12.8. The number of benzene rings is 2. The van der Waals surface area contributed by atoms with Gasteiger partial charge in [-0.15, -0.1) is 0 Å². The van der Waals surface area contributed by atoms with E-state index in [0.29, 0.717) is 5.39 Å². The second-order valence-corrected chi connectivity index (χ2v) is 6.47. The average molecular weight is 294 g/mol. The zero-order chi connectivity index (χ0) is 15.9. The van der Waals surface area contributed by atoms with Gasteiger partial charge in [0.1, 0.15) is 0 Å². The summed E-state index contributed by atoms with van der Waals surface area (Å²) in [5.74, 6) is -1.02.